The van der Waals surface area contributed by atoms with Crippen LogP contribution in [0.4, 0.5) is 5.69 Å². The zero-order chi connectivity index (χ0) is 15.6. The zero-order valence-corrected chi connectivity index (χ0v) is 12.2. The summed E-state index contributed by atoms with van der Waals surface area (Å²) < 4.78 is 0. The fourth-order valence-corrected chi connectivity index (χ4v) is 2.67. The van der Waals surface area contributed by atoms with E-state index in [0.29, 0.717) is 0 Å². The van der Waals surface area contributed by atoms with Crippen LogP contribution in [-0.2, 0) is 0 Å². The molecule has 0 amide bonds. The van der Waals surface area contributed by atoms with Crippen LogP contribution in [0.15, 0.2) is 67.1 Å². The molecule has 0 aliphatic rings. The van der Waals surface area contributed by atoms with E-state index >= 15 is 0 Å². The van der Waals surface area contributed by atoms with Crippen molar-refractivity contribution in [2.24, 2.45) is 0 Å². The Morgan fingerprint density at radius 3 is 2.57 bits per heavy atom. The molecule has 6 heteroatoms. The van der Waals surface area contributed by atoms with E-state index in [1.807, 2.05) is 54.7 Å². The minimum Gasteiger partial charge on any atom is -0.399 e. The van der Waals surface area contributed by atoms with Crippen molar-refractivity contribution in [1.29, 1.82) is 0 Å². The number of hydrogen-bond donors (Lipinski definition) is 1. The fraction of sp³-hybridized carbons (Fsp3) is 0.0588. The van der Waals surface area contributed by atoms with Crippen LogP contribution in [0.5, 0.6) is 0 Å². The van der Waals surface area contributed by atoms with Crippen LogP contribution in [0.2, 0.25) is 0 Å². The topological polar surface area (TPSA) is 82.5 Å². The van der Waals surface area contributed by atoms with Crippen molar-refractivity contribution in [2.75, 3.05) is 5.73 Å². The molecule has 0 bridgehead atoms. The molecule has 0 aliphatic heterocycles. The number of pyridine rings is 1. The fourth-order valence-electron chi connectivity index (χ4n) is 2.67. The standard InChI is InChI=1S/C17H14N6/c18-15-7-5-12(6-8-15)17(23-21-11-20-22-23)14-9-13-3-1-2-4-16(13)19-10-14/h1-11,17H,18H2. The molecule has 0 aliphatic carbocycles. The van der Waals surface area contributed by atoms with E-state index in [1.54, 1.807) is 4.80 Å². The lowest BCUT2D eigenvalue weighted by molar-refractivity contribution is 0.504. The number of para-hydroxylation sites is 1. The van der Waals surface area contributed by atoms with E-state index in [2.05, 4.69) is 26.5 Å². The Bertz CT molecular complexity index is 931. The molecule has 2 aromatic heterocycles. The first-order valence-corrected chi connectivity index (χ1v) is 7.24. The summed E-state index contributed by atoms with van der Waals surface area (Å²) in [4.78, 5) is 6.12. The Labute approximate surface area is 132 Å². The molecule has 112 valence electrons. The van der Waals surface area contributed by atoms with Crippen LogP contribution >= 0.6 is 0 Å². The van der Waals surface area contributed by atoms with Crippen LogP contribution in [0.3, 0.4) is 0 Å². The first-order chi connectivity index (χ1) is 11.3. The summed E-state index contributed by atoms with van der Waals surface area (Å²) in [6.45, 7) is 0. The smallest absolute Gasteiger partial charge is 0.162 e. The summed E-state index contributed by atoms with van der Waals surface area (Å²) in [6, 6.07) is 17.6. The van der Waals surface area contributed by atoms with Gasteiger partial charge in [-0.05, 0) is 35.0 Å². The highest BCUT2D eigenvalue weighted by Gasteiger charge is 2.19. The van der Waals surface area contributed by atoms with Crippen LogP contribution in [-0.4, -0.2) is 25.2 Å². The molecule has 6 nitrogen and oxygen atoms in total. The Balaban J connectivity index is 1.88. The highest BCUT2D eigenvalue weighted by molar-refractivity contribution is 5.79. The van der Waals surface area contributed by atoms with Gasteiger partial charge in [0.15, 0.2) is 6.33 Å². The van der Waals surface area contributed by atoms with Gasteiger partial charge in [-0.3, -0.25) is 4.98 Å². The molecule has 2 aromatic carbocycles. The predicted octanol–water partition coefficient (Wildman–Crippen LogP) is 2.44. The van der Waals surface area contributed by atoms with E-state index in [0.717, 1.165) is 27.7 Å². The molecule has 0 spiro atoms. The monoisotopic (exact) mass is 302 g/mol. The number of aromatic nitrogens is 5. The number of nitrogen functional groups attached to an aromatic ring is 1. The van der Waals surface area contributed by atoms with Gasteiger partial charge in [0.2, 0.25) is 0 Å². The SMILES string of the molecule is Nc1ccc(C(c2cnc3ccccc3c2)n2ncnn2)cc1. The van der Waals surface area contributed by atoms with E-state index < -0.39 is 0 Å². The number of tetrazole rings is 1. The van der Waals surface area contributed by atoms with E-state index in [-0.39, 0.29) is 6.04 Å². The van der Waals surface area contributed by atoms with Crippen molar-refractivity contribution >= 4 is 16.6 Å². The molecular formula is C17H14N6. The first-order valence-electron chi connectivity index (χ1n) is 7.24. The number of rotatable bonds is 3. The molecule has 4 aromatic rings. The number of anilines is 1. The second-order valence-electron chi connectivity index (χ2n) is 5.29. The largest absolute Gasteiger partial charge is 0.399 e. The second kappa shape index (κ2) is 5.49. The zero-order valence-electron chi connectivity index (χ0n) is 12.2. The predicted molar refractivity (Wildman–Crippen MR) is 87.7 cm³/mol. The van der Waals surface area contributed by atoms with Crippen molar-refractivity contribution in [3.63, 3.8) is 0 Å². The van der Waals surface area contributed by atoms with Crippen LogP contribution in [0.1, 0.15) is 17.2 Å². The third-order valence-electron chi connectivity index (χ3n) is 3.78. The minimum absolute atomic E-state index is 0.199. The van der Waals surface area contributed by atoms with E-state index in [9.17, 15) is 0 Å². The summed E-state index contributed by atoms with van der Waals surface area (Å²) in [5.41, 5.74) is 9.49. The van der Waals surface area contributed by atoms with Gasteiger partial charge in [0, 0.05) is 22.8 Å². The Morgan fingerprint density at radius 2 is 1.78 bits per heavy atom. The van der Waals surface area contributed by atoms with Gasteiger partial charge >= 0.3 is 0 Å². The average molecular weight is 302 g/mol. The maximum absolute atomic E-state index is 5.80. The molecule has 0 fully saturated rings. The van der Waals surface area contributed by atoms with Gasteiger partial charge in [0.25, 0.3) is 0 Å². The number of hydrogen-bond acceptors (Lipinski definition) is 5. The van der Waals surface area contributed by atoms with E-state index in [4.69, 9.17) is 5.73 Å². The quantitative estimate of drug-likeness (QED) is 0.588. The maximum Gasteiger partial charge on any atom is 0.162 e. The lowest BCUT2D eigenvalue weighted by Crippen LogP contribution is -2.16. The Kier molecular flexibility index (Phi) is 3.20. The normalized spacial score (nSPS) is 12.3. The van der Waals surface area contributed by atoms with Crippen LogP contribution in [0.25, 0.3) is 10.9 Å². The molecule has 1 unspecified atom stereocenters. The number of nitrogens with two attached hydrogens (primary N) is 1. The molecule has 4 rings (SSSR count). The molecule has 0 radical (unpaired) electrons. The van der Waals surface area contributed by atoms with Gasteiger partial charge < -0.3 is 5.73 Å². The van der Waals surface area contributed by atoms with Crippen LogP contribution in [0, 0.1) is 0 Å². The minimum atomic E-state index is -0.199. The summed E-state index contributed by atoms with van der Waals surface area (Å²) in [5.74, 6) is 0. The number of nitrogens with zero attached hydrogens (tertiary/aromatic N) is 5. The van der Waals surface area contributed by atoms with Gasteiger partial charge in [0.05, 0.1) is 5.52 Å². The summed E-state index contributed by atoms with van der Waals surface area (Å²) in [6.07, 6.45) is 3.28. The molecule has 2 N–H and O–H groups in total. The van der Waals surface area contributed by atoms with Gasteiger partial charge in [-0.2, -0.15) is 4.80 Å². The van der Waals surface area contributed by atoms with Crippen molar-refractivity contribution in [2.45, 2.75) is 6.04 Å². The lowest BCUT2D eigenvalue weighted by atomic mass is 9.99. The van der Waals surface area contributed by atoms with Gasteiger partial charge in [-0.15, -0.1) is 10.2 Å². The molecule has 0 saturated heterocycles. The summed E-state index contributed by atoms with van der Waals surface area (Å²) in [7, 11) is 0. The molecule has 0 saturated carbocycles. The summed E-state index contributed by atoms with van der Waals surface area (Å²) >= 11 is 0. The van der Waals surface area contributed by atoms with E-state index in [1.165, 1.54) is 6.33 Å². The van der Waals surface area contributed by atoms with Crippen molar-refractivity contribution < 1.29 is 0 Å². The lowest BCUT2D eigenvalue weighted by Gasteiger charge is -2.17. The highest BCUT2D eigenvalue weighted by atomic mass is 15.6. The molecule has 2 heterocycles. The third kappa shape index (κ3) is 2.50. The molecule has 1 atom stereocenters. The summed E-state index contributed by atoms with van der Waals surface area (Å²) in [5, 5.41) is 13.2. The average Bonchev–Trinajstić information content (AvgIpc) is 3.11. The van der Waals surface area contributed by atoms with Crippen molar-refractivity contribution in [3.05, 3.63) is 78.2 Å². The molecular weight excluding hydrogens is 288 g/mol. The molecule has 23 heavy (non-hydrogen) atoms. The number of fused-ring (bicyclic) bond motifs is 1. The highest BCUT2D eigenvalue weighted by Crippen LogP contribution is 2.27. The Morgan fingerprint density at radius 1 is 0.957 bits per heavy atom. The third-order valence-corrected chi connectivity index (χ3v) is 3.78. The first kappa shape index (κ1) is 13.4. The van der Waals surface area contributed by atoms with Gasteiger partial charge in [-0.1, -0.05) is 30.3 Å². The second-order valence-corrected chi connectivity index (χ2v) is 5.29. The van der Waals surface area contributed by atoms with Crippen molar-refractivity contribution in [1.82, 2.24) is 25.2 Å². The number of benzene rings is 2. The Hall–Kier alpha value is -3.28. The van der Waals surface area contributed by atoms with Gasteiger partial charge in [-0.25, -0.2) is 0 Å². The maximum atomic E-state index is 5.80. The van der Waals surface area contributed by atoms with Crippen molar-refractivity contribution in [3.8, 4) is 0 Å². The van der Waals surface area contributed by atoms with Gasteiger partial charge in [0.1, 0.15) is 6.04 Å². The van der Waals surface area contributed by atoms with Crippen LogP contribution < -0.4 is 5.73 Å².